The van der Waals surface area contributed by atoms with Crippen LogP contribution in [0.15, 0.2) is 72.4 Å². The summed E-state index contributed by atoms with van der Waals surface area (Å²) < 4.78 is 5.73. The molecule has 2 aromatic rings. The van der Waals surface area contributed by atoms with Crippen molar-refractivity contribution in [1.29, 1.82) is 0 Å². The average Bonchev–Trinajstić information content (AvgIpc) is 2.60. The Morgan fingerprint density at radius 1 is 1.13 bits per heavy atom. The van der Waals surface area contributed by atoms with E-state index in [-0.39, 0.29) is 0 Å². The summed E-state index contributed by atoms with van der Waals surface area (Å²) in [5.41, 5.74) is 4.83. The zero-order chi connectivity index (χ0) is 16.3. The molecule has 0 spiro atoms. The maximum atomic E-state index is 5.73. The second-order valence-electron chi connectivity index (χ2n) is 4.71. The Labute approximate surface area is 141 Å². The molecular formula is C18H19N3OS. The molecule has 0 unspecified atom stereocenters. The van der Waals surface area contributed by atoms with Gasteiger partial charge in [-0.1, -0.05) is 36.4 Å². The van der Waals surface area contributed by atoms with Crippen LogP contribution in [0.4, 0.5) is 0 Å². The quantitative estimate of drug-likeness (QED) is 0.355. The summed E-state index contributed by atoms with van der Waals surface area (Å²) in [6.07, 6.45) is 3.43. The molecule has 0 fully saturated rings. The van der Waals surface area contributed by atoms with Crippen LogP contribution in [0.3, 0.4) is 0 Å². The van der Waals surface area contributed by atoms with Gasteiger partial charge in [0.25, 0.3) is 0 Å². The van der Waals surface area contributed by atoms with Crippen LogP contribution in [0.5, 0.6) is 5.75 Å². The predicted octanol–water partition coefficient (Wildman–Crippen LogP) is 3.25. The predicted molar refractivity (Wildman–Crippen MR) is 98.7 cm³/mol. The summed E-state index contributed by atoms with van der Waals surface area (Å²) in [6.45, 7) is 4.76. The van der Waals surface area contributed by atoms with Gasteiger partial charge in [-0.15, -0.1) is 6.58 Å². The number of benzene rings is 2. The van der Waals surface area contributed by atoms with Gasteiger partial charge in [0.1, 0.15) is 12.4 Å². The molecule has 0 bridgehead atoms. The molecule has 2 N–H and O–H groups in total. The minimum atomic E-state index is 0.462. The summed E-state index contributed by atoms with van der Waals surface area (Å²) in [5, 5.41) is 7.45. The van der Waals surface area contributed by atoms with Gasteiger partial charge in [-0.3, -0.25) is 5.43 Å². The highest BCUT2D eigenvalue weighted by atomic mass is 32.1. The van der Waals surface area contributed by atoms with Crippen molar-refractivity contribution in [2.45, 2.75) is 6.61 Å². The molecule has 0 amide bonds. The largest absolute Gasteiger partial charge is 0.489 e. The lowest BCUT2D eigenvalue weighted by Gasteiger charge is -2.06. The molecule has 0 saturated heterocycles. The molecule has 2 rings (SSSR count). The van der Waals surface area contributed by atoms with Crippen LogP contribution in [-0.4, -0.2) is 17.9 Å². The second-order valence-corrected chi connectivity index (χ2v) is 5.12. The third-order valence-corrected chi connectivity index (χ3v) is 3.15. The Kier molecular flexibility index (Phi) is 6.81. The van der Waals surface area contributed by atoms with Crippen molar-refractivity contribution in [3.8, 4) is 5.75 Å². The third-order valence-electron chi connectivity index (χ3n) is 2.92. The van der Waals surface area contributed by atoms with E-state index in [0.29, 0.717) is 18.3 Å². The van der Waals surface area contributed by atoms with Gasteiger partial charge in [-0.2, -0.15) is 5.10 Å². The highest BCUT2D eigenvalue weighted by molar-refractivity contribution is 7.80. The van der Waals surface area contributed by atoms with Crippen LogP contribution in [0, 0.1) is 0 Å². The van der Waals surface area contributed by atoms with E-state index in [1.165, 1.54) is 0 Å². The van der Waals surface area contributed by atoms with Crippen molar-refractivity contribution in [3.63, 3.8) is 0 Å². The zero-order valence-electron chi connectivity index (χ0n) is 12.7. The number of nitrogens with one attached hydrogen (secondary N) is 2. The summed E-state index contributed by atoms with van der Waals surface area (Å²) >= 11 is 5.03. The number of hydrogen-bond acceptors (Lipinski definition) is 3. The summed E-state index contributed by atoms with van der Waals surface area (Å²) in [7, 11) is 0. The highest BCUT2D eigenvalue weighted by Gasteiger charge is 1.96. The first-order chi connectivity index (χ1) is 11.3. The van der Waals surface area contributed by atoms with Crippen LogP contribution >= 0.6 is 12.2 Å². The second kappa shape index (κ2) is 9.38. The fourth-order valence-corrected chi connectivity index (χ4v) is 1.90. The molecule has 0 aliphatic rings. The Morgan fingerprint density at radius 3 is 2.57 bits per heavy atom. The molecule has 118 valence electrons. The highest BCUT2D eigenvalue weighted by Crippen LogP contribution is 2.13. The minimum absolute atomic E-state index is 0.462. The van der Waals surface area contributed by atoms with Gasteiger partial charge in [-0.05, 0) is 47.6 Å². The first kappa shape index (κ1) is 16.7. The van der Waals surface area contributed by atoms with Gasteiger partial charge >= 0.3 is 0 Å². The molecule has 0 aromatic heterocycles. The Bertz CT molecular complexity index is 654. The smallest absolute Gasteiger partial charge is 0.187 e. The lowest BCUT2D eigenvalue weighted by Crippen LogP contribution is -2.31. The first-order valence-corrected chi connectivity index (χ1v) is 7.63. The summed E-state index contributed by atoms with van der Waals surface area (Å²) in [5.74, 6) is 0.821. The van der Waals surface area contributed by atoms with Crippen molar-refractivity contribution < 1.29 is 4.74 Å². The number of nitrogens with zero attached hydrogens (tertiary/aromatic N) is 1. The lowest BCUT2D eigenvalue weighted by atomic mass is 10.2. The van der Waals surface area contributed by atoms with E-state index >= 15 is 0 Å². The molecule has 0 saturated carbocycles. The van der Waals surface area contributed by atoms with Crippen molar-refractivity contribution in [1.82, 2.24) is 10.7 Å². The van der Waals surface area contributed by atoms with E-state index in [2.05, 4.69) is 22.4 Å². The molecule has 23 heavy (non-hydrogen) atoms. The molecular weight excluding hydrogens is 306 g/mol. The van der Waals surface area contributed by atoms with E-state index in [1.54, 1.807) is 12.3 Å². The number of thiocarbonyl (C=S) groups is 1. The Hall–Kier alpha value is -2.66. The minimum Gasteiger partial charge on any atom is -0.489 e. The van der Waals surface area contributed by atoms with Crippen LogP contribution in [0.1, 0.15) is 11.1 Å². The standard InChI is InChI=1S/C18H19N3OS/c1-2-12-19-18(23)21-20-13-15-8-10-17(11-9-15)22-14-16-6-4-3-5-7-16/h2-11,13H,1,12,14H2,(H2,19,21,23). The first-order valence-electron chi connectivity index (χ1n) is 7.22. The van der Waals surface area contributed by atoms with Crippen LogP contribution in [-0.2, 0) is 6.61 Å². The molecule has 4 nitrogen and oxygen atoms in total. The van der Waals surface area contributed by atoms with E-state index in [0.717, 1.165) is 16.9 Å². The topological polar surface area (TPSA) is 45.7 Å². The molecule has 0 aliphatic carbocycles. The van der Waals surface area contributed by atoms with E-state index in [9.17, 15) is 0 Å². The van der Waals surface area contributed by atoms with Crippen molar-refractivity contribution in [2.24, 2.45) is 5.10 Å². The van der Waals surface area contributed by atoms with Crippen molar-refractivity contribution in [3.05, 3.63) is 78.4 Å². The SMILES string of the molecule is C=CCNC(=S)NN=Cc1ccc(OCc2ccccc2)cc1. The van der Waals surface area contributed by atoms with E-state index < -0.39 is 0 Å². The number of hydrazone groups is 1. The Balaban J connectivity index is 1.80. The normalized spacial score (nSPS) is 10.3. The molecule has 5 heteroatoms. The molecule has 0 aliphatic heterocycles. The molecule has 0 radical (unpaired) electrons. The van der Waals surface area contributed by atoms with Gasteiger partial charge in [0.15, 0.2) is 5.11 Å². The van der Waals surface area contributed by atoms with Crippen LogP contribution < -0.4 is 15.5 Å². The van der Waals surface area contributed by atoms with E-state index in [1.807, 2.05) is 54.6 Å². The fraction of sp³-hybridized carbons (Fsp3) is 0.111. The van der Waals surface area contributed by atoms with Gasteiger partial charge < -0.3 is 10.1 Å². The summed E-state index contributed by atoms with van der Waals surface area (Å²) in [6, 6.07) is 17.8. The lowest BCUT2D eigenvalue weighted by molar-refractivity contribution is 0.306. The zero-order valence-corrected chi connectivity index (χ0v) is 13.6. The van der Waals surface area contributed by atoms with Gasteiger partial charge in [0.05, 0.1) is 6.21 Å². The van der Waals surface area contributed by atoms with Crippen LogP contribution in [0.25, 0.3) is 0 Å². The average molecular weight is 325 g/mol. The molecule has 0 heterocycles. The van der Waals surface area contributed by atoms with Gasteiger partial charge in [-0.25, -0.2) is 0 Å². The summed E-state index contributed by atoms with van der Waals surface area (Å²) in [4.78, 5) is 0. The Morgan fingerprint density at radius 2 is 1.87 bits per heavy atom. The number of hydrogen-bond donors (Lipinski definition) is 2. The van der Waals surface area contributed by atoms with Gasteiger partial charge in [0, 0.05) is 6.54 Å². The fourth-order valence-electron chi connectivity index (χ4n) is 1.76. The monoisotopic (exact) mass is 325 g/mol. The number of rotatable bonds is 7. The maximum Gasteiger partial charge on any atom is 0.187 e. The van der Waals surface area contributed by atoms with Crippen LogP contribution in [0.2, 0.25) is 0 Å². The van der Waals surface area contributed by atoms with Crippen molar-refractivity contribution in [2.75, 3.05) is 6.54 Å². The van der Waals surface area contributed by atoms with Crippen molar-refractivity contribution >= 4 is 23.5 Å². The van der Waals surface area contributed by atoms with E-state index in [4.69, 9.17) is 17.0 Å². The van der Waals surface area contributed by atoms with Gasteiger partial charge in [0.2, 0.25) is 0 Å². The number of ether oxygens (including phenoxy) is 1. The molecule has 2 aromatic carbocycles. The molecule has 0 atom stereocenters. The third kappa shape index (κ3) is 6.32. The maximum absolute atomic E-state index is 5.73.